The highest BCUT2D eigenvalue weighted by Gasteiger charge is 2.30. The number of benzene rings is 1. The Balaban J connectivity index is 1.81. The van der Waals surface area contributed by atoms with Gasteiger partial charge in [-0.2, -0.15) is 0 Å². The average Bonchev–Trinajstić information content (AvgIpc) is 2.78. The third-order valence-corrected chi connectivity index (χ3v) is 3.92. The van der Waals surface area contributed by atoms with E-state index in [9.17, 15) is 4.79 Å². The molecule has 3 rings (SSSR count). The maximum Gasteiger partial charge on any atom is 0.228 e. The molecule has 0 spiro atoms. The Hall–Kier alpha value is -1.81. The van der Waals surface area contributed by atoms with Crippen LogP contribution in [0.15, 0.2) is 34.7 Å². The molecule has 1 fully saturated rings. The summed E-state index contributed by atoms with van der Waals surface area (Å²) in [6.45, 7) is 3.58. The Morgan fingerprint density at radius 3 is 2.79 bits per heavy atom. The molecule has 2 aromatic rings. The predicted molar refractivity (Wildman–Crippen MR) is 73.8 cm³/mol. The van der Waals surface area contributed by atoms with Gasteiger partial charge in [0.15, 0.2) is 0 Å². The number of para-hydroxylation sites is 1. The van der Waals surface area contributed by atoms with Crippen molar-refractivity contribution >= 4 is 16.9 Å². The Morgan fingerprint density at radius 1 is 1.42 bits per heavy atom. The second-order valence-corrected chi connectivity index (χ2v) is 5.17. The fourth-order valence-electron chi connectivity index (χ4n) is 2.34. The van der Waals surface area contributed by atoms with E-state index in [0.29, 0.717) is 0 Å². The lowest BCUT2D eigenvalue weighted by Gasteiger charge is -2.32. The van der Waals surface area contributed by atoms with Gasteiger partial charge in [0.05, 0.1) is 12.0 Å². The SMILES string of the molecule is CC(c1cc2ccccc2o1)N(C)C(=O)C1CNC1. The smallest absolute Gasteiger partial charge is 0.228 e. The Labute approximate surface area is 112 Å². The highest BCUT2D eigenvalue weighted by atomic mass is 16.3. The van der Waals surface area contributed by atoms with Crippen molar-refractivity contribution in [3.05, 3.63) is 36.1 Å². The van der Waals surface area contributed by atoms with Gasteiger partial charge in [-0.3, -0.25) is 4.79 Å². The van der Waals surface area contributed by atoms with Crippen LogP contribution in [0.25, 0.3) is 11.0 Å². The van der Waals surface area contributed by atoms with Gasteiger partial charge in [-0.1, -0.05) is 18.2 Å². The number of rotatable bonds is 3. The van der Waals surface area contributed by atoms with E-state index < -0.39 is 0 Å². The second kappa shape index (κ2) is 4.70. The summed E-state index contributed by atoms with van der Waals surface area (Å²) in [5.41, 5.74) is 0.871. The molecule has 1 saturated heterocycles. The monoisotopic (exact) mass is 258 g/mol. The van der Waals surface area contributed by atoms with Gasteiger partial charge in [-0.15, -0.1) is 0 Å². The first kappa shape index (κ1) is 12.2. The lowest BCUT2D eigenvalue weighted by atomic mass is 10.0. The van der Waals surface area contributed by atoms with E-state index in [4.69, 9.17) is 4.42 Å². The van der Waals surface area contributed by atoms with E-state index in [1.165, 1.54) is 0 Å². The molecule has 1 N–H and O–H groups in total. The number of hydrogen-bond acceptors (Lipinski definition) is 3. The standard InChI is InChI=1S/C15H18N2O2/c1-10(17(2)15(18)12-8-16-9-12)14-7-11-5-3-4-6-13(11)19-14/h3-7,10,12,16H,8-9H2,1-2H3. The van der Waals surface area contributed by atoms with Gasteiger partial charge in [-0.05, 0) is 19.1 Å². The molecule has 2 heterocycles. The summed E-state index contributed by atoms with van der Waals surface area (Å²) in [6.07, 6.45) is 0. The molecule has 4 heteroatoms. The number of hydrogen-bond donors (Lipinski definition) is 1. The molecular formula is C15H18N2O2. The van der Waals surface area contributed by atoms with Crippen molar-refractivity contribution in [2.75, 3.05) is 20.1 Å². The van der Waals surface area contributed by atoms with Crippen LogP contribution in [0, 0.1) is 5.92 Å². The topological polar surface area (TPSA) is 45.5 Å². The van der Waals surface area contributed by atoms with Gasteiger partial charge < -0.3 is 14.6 Å². The van der Waals surface area contributed by atoms with Crippen LogP contribution in [0.3, 0.4) is 0 Å². The van der Waals surface area contributed by atoms with E-state index in [1.54, 1.807) is 4.90 Å². The maximum atomic E-state index is 12.2. The van der Waals surface area contributed by atoms with Crippen LogP contribution < -0.4 is 5.32 Å². The highest BCUT2D eigenvalue weighted by molar-refractivity contribution is 5.81. The Morgan fingerprint density at radius 2 is 2.16 bits per heavy atom. The average molecular weight is 258 g/mol. The largest absolute Gasteiger partial charge is 0.459 e. The van der Waals surface area contributed by atoms with Crippen molar-refractivity contribution in [1.82, 2.24) is 10.2 Å². The van der Waals surface area contributed by atoms with E-state index in [-0.39, 0.29) is 17.9 Å². The Bertz CT molecular complexity index is 568. The van der Waals surface area contributed by atoms with Crippen LogP contribution >= 0.6 is 0 Å². The molecule has 4 nitrogen and oxygen atoms in total. The number of carbonyl (C=O) groups excluding carboxylic acids is 1. The molecule has 1 amide bonds. The molecule has 1 aromatic carbocycles. The van der Waals surface area contributed by atoms with Crippen LogP contribution in [0.1, 0.15) is 18.7 Å². The van der Waals surface area contributed by atoms with Crippen molar-refractivity contribution in [1.29, 1.82) is 0 Å². The maximum absolute atomic E-state index is 12.2. The molecule has 0 aliphatic carbocycles. The van der Waals surface area contributed by atoms with Crippen LogP contribution in [0.5, 0.6) is 0 Å². The number of nitrogens with one attached hydrogen (secondary N) is 1. The number of furan rings is 1. The minimum atomic E-state index is -0.0412. The lowest BCUT2D eigenvalue weighted by molar-refractivity contribution is -0.138. The lowest BCUT2D eigenvalue weighted by Crippen LogP contribution is -2.51. The molecule has 19 heavy (non-hydrogen) atoms. The molecule has 1 aromatic heterocycles. The van der Waals surface area contributed by atoms with Gasteiger partial charge in [0.1, 0.15) is 11.3 Å². The van der Waals surface area contributed by atoms with Crippen LogP contribution in [0.2, 0.25) is 0 Å². The van der Waals surface area contributed by atoms with Crippen molar-refractivity contribution in [3.63, 3.8) is 0 Å². The fourth-order valence-corrected chi connectivity index (χ4v) is 2.34. The molecule has 0 saturated carbocycles. The van der Waals surface area contributed by atoms with E-state index in [0.717, 1.165) is 29.8 Å². The number of fused-ring (bicyclic) bond motifs is 1. The van der Waals surface area contributed by atoms with E-state index in [1.807, 2.05) is 44.3 Å². The fraction of sp³-hybridized carbons (Fsp3) is 0.400. The first-order valence-electron chi connectivity index (χ1n) is 6.62. The number of carbonyl (C=O) groups is 1. The first-order chi connectivity index (χ1) is 9.16. The zero-order chi connectivity index (χ0) is 13.4. The highest BCUT2D eigenvalue weighted by Crippen LogP contribution is 2.27. The number of amides is 1. The summed E-state index contributed by atoms with van der Waals surface area (Å²) in [7, 11) is 1.85. The van der Waals surface area contributed by atoms with Gasteiger partial charge in [0, 0.05) is 25.5 Å². The van der Waals surface area contributed by atoms with Crippen LogP contribution in [-0.2, 0) is 4.79 Å². The minimum Gasteiger partial charge on any atom is -0.459 e. The van der Waals surface area contributed by atoms with E-state index in [2.05, 4.69) is 5.32 Å². The van der Waals surface area contributed by atoms with Crippen molar-refractivity contribution < 1.29 is 9.21 Å². The van der Waals surface area contributed by atoms with Crippen molar-refractivity contribution in [3.8, 4) is 0 Å². The molecule has 100 valence electrons. The Kier molecular flexibility index (Phi) is 3.03. The molecule has 0 bridgehead atoms. The van der Waals surface area contributed by atoms with Gasteiger partial charge in [-0.25, -0.2) is 0 Å². The van der Waals surface area contributed by atoms with Gasteiger partial charge in [0.2, 0.25) is 5.91 Å². The quantitative estimate of drug-likeness (QED) is 0.917. The normalized spacial score (nSPS) is 17.2. The van der Waals surface area contributed by atoms with Crippen molar-refractivity contribution in [2.45, 2.75) is 13.0 Å². The minimum absolute atomic E-state index is 0.0412. The summed E-state index contributed by atoms with van der Waals surface area (Å²) in [5.74, 6) is 1.15. The van der Waals surface area contributed by atoms with Crippen molar-refractivity contribution in [2.24, 2.45) is 5.92 Å². The third-order valence-electron chi connectivity index (χ3n) is 3.92. The summed E-state index contributed by atoms with van der Waals surface area (Å²) in [4.78, 5) is 14.0. The van der Waals surface area contributed by atoms with Crippen LogP contribution in [-0.4, -0.2) is 30.9 Å². The molecule has 1 aliphatic heterocycles. The first-order valence-corrected chi connectivity index (χ1v) is 6.62. The zero-order valence-corrected chi connectivity index (χ0v) is 11.2. The van der Waals surface area contributed by atoms with Crippen LogP contribution in [0.4, 0.5) is 0 Å². The van der Waals surface area contributed by atoms with E-state index >= 15 is 0 Å². The second-order valence-electron chi connectivity index (χ2n) is 5.17. The molecular weight excluding hydrogens is 240 g/mol. The van der Waals surface area contributed by atoms with Gasteiger partial charge in [0.25, 0.3) is 0 Å². The molecule has 0 radical (unpaired) electrons. The summed E-state index contributed by atoms with van der Waals surface area (Å²) < 4.78 is 5.82. The summed E-state index contributed by atoms with van der Waals surface area (Å²) >= 11 is 0. The number of nitrogens with zero attached hydrogens (tertiary/aromatic N) is 1. The molecule has 1 unspecified atom stereocenters. The molecule has 1 aliphatic rings. The molecule has 1 atom stereocenters. The van der Waals surface area contributed by atoms with Gasteiger partial charge >= 0.3 is 0 Å². The summed E-state index contributed by atoms with van der Waals surface area (Å²) in [6, 6.07) is 9.88. The predicted octanol–water partition coefficient (Wildman–Crippen LogP) is 2.17. The third kappa shape index (κ3) is 2.12. The summed E-state index contributed by atoms with van der Waals surface area (Å²) in [5, 5.41) is 4.21. The zero-order valence-electron chi connectivity index (χ0n) is 11.2.